The highest BCUT2D eigenvalue weighted by Gasteiger charge is 2.32. The van der Waals surface area contributed by atoms with Crippen molar-refractivity contribution in [2.24, 2.45) is 5.92 Å². The number of carbonyl (C=O) groups excluding carboxylic acids is 1. The largest absolute Gasteiger partial charge is 0.300 e. The predicted octanol–water partition coefficient (Wildman–Crippen LogP) is 3.82. The molecule has 2 heterocycles. The van der Waals surface area contributed by atoms with Crippen LogP contribution in [0.25, 0.3) is 10.6 Å². The Bertz CT molecular complexity index is 1130. The number of nitrogens with one attached hydrogen (secondary N) is 1. The molecule has 1 aliphatic rings. The number of sulfonamides is 1. The van der Waals surface area contributed by atoms with E-state index in [4.69, 9.17) is 0 Å². The summed E-state index contributed by atoms with van der Waals surface area (Å²) in [5, 5.41) is 12.2. The monoisotopic (exact) mass is 470 g/mol. The smallest absolute Gasteiger partial charge is 0.230 e. The zero-order chi connectivity index (χ0) is 22.4. The van der Waals surface area contributed by atoms with E-state index >= 15 is 0 Å². The zero-order valence-electron chi connectivity index (χ0n) is 17.7. The van der Waals surface area contributed by atoms with Crippen molar-refractivity contribution in [3.63, 3.8) is 0 Å². The van der Waals surface area contributed by atoms with E-state index < -0.39 is 15.9 Å². The molecule has 7 nitrogen and oxygen atoms in total. The molecule has 0 saturated carbocycles. The van der Waals surface area contributed by atoms with Gasteiger partial charge in [-0.3, -0.25) is 4.79 Å². The molecule has 1 amide bonds. The van der Waals surface area contributed by atoms with E-state index in [0.717, 1.165) is 22.6 Å². The number of nitrogens with zero attached hydrogens (tertiary/aromatic N) is 3. The molecule has 32 heavy (non-hydrogen) atoms. The molecule has 3 aromatic rings. The third kappa shape index (κ3) is 5.79. The van der Waals surface area contributed by atoms with E-state index in [2.05, 4.69) is 15.5 Å². The van der Waals surface area contributed by atoms with E-state index in [1.807, 2.05) is 60.7 Å². The van der Waals surface area contributed by atoms with Gasteiger partial charge in [0.05, 0.1) is 11.7 Å². The highest BCUT2D eigenvalue weighted by Crippen LogP contribution is 2.27. The Morgan fingerprint density at radius 1 is 1.06 bits per heavy atom. The van der Waals surface area contributed by atoms with Crippen LogP contribution in [0.1, 0.15) is 24.8 Å². The van der Waals surface area contributed by atoms with Crippen molar-refractivity contribution in [2.45, 2.75) is 25.7 Å². The Morgan fingerprint density at radius 3 is 2.53 bits per heavy atom. The molecule has 1 saturated heterocycles. The number of carbonyl (C=O) groups is 1. The standard InChI is InChI=1S/C23H26N4O3S2/c28-21(24-23-26-25-22(31-23)19-12-5-2-6-13-19)20-14-7-15-27(17-20)32(29,30)16-8-11-18-9-3-1-4-10-18/h1-6,9-10,12-13,20H,7-8,11,14-17H2,(H,24,26,28)/t20-/m0/s1. The lowest BCUT2D eigenvalue weighted by atomic mass is 9.99. The van der Waals surface area contributed by atoms with Crippen LogP contribution in [0.5, 0.6) is 0 Å². The molecule has 4 rings (SSSR count). The third-order valence-corrected chi connectivity index (χ3v) is 8.35. The molecule has 9 heteroatoms. The van der Waals surface area contributed by atoms with Crippen LogP contribution in [0.4, 0.5) is 5.13 Å². The van der Waals surface area contributed by atoms with Gasteiger partial charge in [0.2, 0.25) is 21.1 Å². The number of benzene rings is 2. The van der Waals surface area contributed by atoms with Gasteiger partial charge in [-0.2, -0.15) is 0 Å². The Balaban J connectivity index is 1.32. The summed E-state index contributed by atoms with van der Waals surface area (Å²) in [4.78, 5) is 12.8. The Labute approximate surface area is 192 Å². The second-order valence-electron chi connectivity index (χ2n) is 7.87. The highest BCUT2D eigenvalue weighted by molar-refractivity contribution is 7.89. The molecule has 1 aliphatic heterocycles. The number of aryl methyl sites for hydroxylation is 1. The Kier molecular flexibility index (Phi) is 7.29. The lowest BCUT2D eigenvalue weighted by Gasteiger charge is -2.31. The van der Waals surface area contributed by atoms with Crippen molar-refractivity contribution in [1.82, 2.24) is 14.5 Å². The first-order chi connectivity index (χ1) is 15.5. The second kappa shape index (κ2) is 10.3. The minimum atomic E-state index is -3.40. The van der Waals surface area contributed by atoms with Gasteiger partial charge in [-0.05, 0) is 31.2 Å². The van der Waals surface area contributed by atoms with E-state index in [1.54, 1.807) is 0 Å². The summed E-state index contributed by atoms with van der Waals surface area (Å²) in [6, 6.07) is 19.5. The quantitative estimate of drug-likeness (QED) is 0.540. The molecule has 0 unspecified atom stereocenters. The average Bonchev–Trinajstić information content (AvgIpc) is 3.29. The van der Waals surface area contributed by atoms with Gasteiger partial charge in [-0.1, -0.05) is 72.0 Å². The van der Waals surface area contributed by atoms with Gasteiger partial charge in [-0.25, -0.2) is 12.7 Å². The summed E-state index contributed by atoms with van der Waals surface area (Å²) >= 11 is 1.31. The maximum atomic E-state index is 12.8. The van der Waals surface area contributed by atoms with Crippen LogP contribution in [-0.2, 0) is 21.2 Å². The van der Waals surface area contributed by atoms with Crippen LogP contribution in [0, 0.1) is 5.92 Å². The van der Waals surface area contributed by atoms with Crippen molar-refractivity contribution in [3.8, 4) is 10.6 Å². The Morgan fingerprint density at radius 2 is 1.78 bits per heavy atom. The molecule has 0 aliphatic carbocycles. The summed E-state index contributed by atoms with van der Waals surface area (Å²) < 4.78 is 27.1. The molecule has 0 spiro atoms. The number of aromatic nitrogens is 2. The average molecular weight is 471 g/mol. The Hall–Kier alpha value is -2.62. The van der Waals surface area contributed by atoms with Gasteiger partial charge in [0.1, 0.15) is 5.01 Å². The molecule has 1 aromatic heterocycles. The first-order valence-corrected chi connectivity index (χ1v) is 13.2. The molecular weight excluding hydrogens is 444 g/mol. The number of rotatable bonds is 8. The van der Waals surface area contributed by atoms with E-state index in [9.17, 15) is 13.2 Å². The molecule has 2 aromatic carbocycles. The number of amides is 1. The van der Waals surface area contributed by atoms with E-state index in [-0.39, 0.29) is 18.2 Å². The number of hydrogen-bond acceptors (Lipinski definition) is 6. The maximum absolute atomic E-state index is 12.8. The van der Waals surface area contributed by atoms with Crippen LogP contribution in [0.15, 0.2) is 60.7 Å². The fourth-order valence-electron chi connectivity index (χ4n) is 3.82. The maximum Gasteiger partial charge on any atom is 0.230 e. The normalized spacial score (nSPS) is 17.2. The first kappa shape index (κ1) is 22.6. The summed E-state index contributed by atoms with van der Waals surface area (Å²) in [5.74, 6) is -0.505. The van der Waals surface area contributed by atoms with Crippen molar-refractivity contribution in [3.05, 3.63) is 66.2 Å². The lowest BCUT2D eigenvalue weighted by Crippen LogP contribution is -2.44. The van der Waals surface area contributed by atoms with Gasteiger partial charge < -0.3 is 5.32 Å². The fourth-order valence-corrected chi connectivity index (χ4v) is 6.15. The van der Waals surface area contributed by atoms with Gasteiger partial charge in [-0.15, -0.1) is 10.2 Å². The van der Waals surface area contributed by atoms with Crippen LogP contribution < -0.4 is 5.32 Å². The summed E-state index contributed by atoms with van der Waals surface area (Å²) in [6.45, 7) is 0.679. The van der Waals surface area contributed by atoms with Crippen molar-refractivity contribution in [1.29, 1.82) is 0 Å². The first-order valence-electron chi connectivity index (χ1n) is 10.7. The van der Waals surface area contributed by atoms with Crippen LogP contribution in [-0.4, -0.2) is 47.7 Å². The molecule has 168 valence electrons. The van der Waals surface area contributed by atoms with Gasteiger partial charge in [0.15, 0.2) is 0 Å². The van der Waals surface area contributed by atoms with Gasteiger partial charge >= 0.3 is 0 Å². The predicted molar refractivity (Wildman–Crippen MR) is 127 cm³/mol. The molecule has 0 bridgehead atoms. The molecular formula is C23H26N4O3S2. The van der Waals surface area contributed by atoms with Crippen molar-refractivity contribution < 1.29 is 13.2 Å². The van der Waals surface area contributed by atoms with Crippen LogP contribution in [0.3, 0.4) is 0 Å². The van der Waals surface area contributed by atoms with Crippen LogP contribution in [0.2, 0.25) is 0 Å². The number of piperidine rings is 1. The second-order valence-corrected chi connectivity index (χ2v) is 10.9. The third-order valence-electron chi connectivity index (χ3n) is 5.53. The number of anilines is 1. The minimum absolute atomic E-state index is 0.0903. The van der Waals surface area contributed by atoms with E-state index in [1.165, 1.54) is 15.6 Å². The summed E-state index contributed by atoms with van der Waals surface area (Å²) in [5.41, 5.74) is 2.07. The van der Waals surface area contributed by atoms with E-state index in [0.29, 0.717) is 30.9 Å². The van der Waals surface area contributed by atoms with Gasteiger partial charge in [0, 0.05) is 18.7 Å². The lowest BCUT2D eigenvalue weighted by molar-refractivity contribution is -0.120. The number of hydrogen-bond donors (Lipinski definition) is 1. The molecule has 0 radical (unpaired) electrons. The molecule has 1 fully saturated rings. The van der Waals surface area contributed by atoms with Gasteiger partial charge in [0.25, 0.3) is 0 Å². The molecule has 1 N–H and O–H groups in total. The fraction of sp³-hybridized carbons (Fsp3) is 0.348. The SMILES string of the molecule is O=C(Nc1nnc(-c2ccccc2)s1)[C@H]1CCCN(S(=O)(=O)CCCc2ccccc2)C1. The minimum Gasteiger partial charge on any atom is -0.300 e. The van der Waals surface area contributed by atoms with Crippen molar-refractivity contribution in [2.75, 3.05) is 24.2 Å². The summed E-state index contributed by atoms with van der Waals surface area (Å²) in [6.07, 6.45) is 2.61. The highest BCUT2D eigenvalue weighted by atomic mass is 32.2. The zero-order valence-corrected chi connectivity index (χ0v) is 19.3. The van der Waals surface area contributed by atoms with Crippen LogP contribution >= 0.6 is 11.3 Å². The molecule has 1 atom stereocenters. The van der Waals surface area contributed by atoms with Crippen molar-refractivity contribution >= 4 is 32.4 Å². The summed E-state index contributed by atoms with van der Waals surface area (Å²) in [7, 11) is -3.40. The topological polar surface area (TPSA) is 92.3 Å².